The van der Waals surface area contributed by atoms with Crippen LogP contribution in [0, 0.1) is 5.82 Å². The topological polar surface area (TPSA) is 49.4 Å². The number of halogens is 1. The van der Waals surface area contributed by atoms with Crippen LogP contribution in [0.3, 0.4) is 0 Å². The van der Waals surface area contributed by atoms with Crippen LogP contribution in [0.25, 0.3) is 0 Å². The maximum absolute atomic E-state index is 12.9. The molecule has 1 saturated heterocycles. The molecule has 1 aliphatic heterocycles. The molecule has 1 atom stereocenters. The van der Waals surface area contributed by atoms with Crippen molar-refractivity contribution in [3.8, 4) is 0 Å². The zero-order valence-electron chi connectivity index (χ0n) is 11.7. The van der Waals surface area contributed by atoms with Gasteiger partial charge in [-0.3, -0.25) is 0 Å². The second kappa shape index (κ2) is 6.65. The maximum atomic E-state index is 12.9. The van der Waals surface area contributed by atoms with Gasteiger partial charge < -0.3 is 5.32 Å². The van der Waals surface area contributed by atoms with Crippen molar-refractivity contribution in [1.29, 1.82) is 0 Å². The normalized spacial score (nSPS) is 21.0. The van der Waals surface area contributed by atoms with Gasteiger partial charge in [0.2, 0.25) is 10.0 Å². The molecule has 1 fully saturated rings. The van der Waals surface area contributed by atoms with Gasteiger partial charge in [0.05, 0.1) is 4.90 Å². The average molecular weight is 300 g/mol. The molecule has 0 bridgehead atoms. The molecule has 0 saturated carbocycles. The average Bonchev–Trinajstić information content (AvgIpc) is 2.46. The van der Waals surface area contributed by atoms with Gasteiger partial charge in [0.25, 0.3) is 0 Å². The molecule has 6 heteroatoms. The van der Waals surface area contributed by atoms with E-state index in [-0.39, 0.29) is 10.9 Å². The molecule has 0 aliphatic carbocycles. The SMILES string of the molecule is CCCNC1CCCN(S(=O)(=O)c2ccc(F)cc2)C1. The third-order valence-corrected chi connectivity index (χ3v) is 5.40. The summed E-state index contributed by atoms with van der Waals surface area (Å²) < 4.78 is 39.4. The molecule has 4 nitrogen and oxygen atoms in total. The van der Waals surface area contributed by atoms with Crippen molar-refractivity contribution in [2.45, 2.75) is 37.1 Å². The van der Waals surface area contributed by atoms with Gasteiger partial charge in [-0.15, -0.1) is 0 Å². The van der Waals surface area contributed by atoms with Gasteiger partial charge >= 0.3 is 0 Å². The Labute approximate surface area is 120 Å². The third kappa shape index (κ3) is 3.56. The van der Waals surface area contributed by atoms with Gasteiger partial charge in [-0.25, -0.2) is 12.8 Å². The first kappa shape index (κ1) is 15.4. The Bertz CT molecular complexity index is 531. The quantitative estimate of drug-likeness (QED) is 0.904. The smallest absolute Gasteiger partial charge is 0.243 e. The Hall–Kier alpha value is -0.980. The van der Waals surface area contributed by atoms with Gasteiger partial charge in [-0.05, 0) is 50.1 Å². The highest BCUT2D eigenvalue weighted by molar-refractivity contribution is 7.89. The van der Waals surface area contributed by atoms with Crippen LogP contribution in [0.15, 0.2) is 29.2 Å². The Morgan fingerprint density at radius 3 is 2.70 bits per heavy atom. The number of sulfonamides is 1. The van der Waals surface area contributed by atoms with Crippen LogP contribution in [0.2, 0.25) is 0 Å². The predicted octanol–water partition coefficient (Wildman–Crippen LogP) is 1.98. The minimum absolute atomic E-state index is 0.162. The number of nitrogens with zero attached hydrogens (tertiary/aromatic N) is 1. The molecule has 20 heavy (non-hydrogen) atoms. The second-order valence-corrected chi connectivity index (χ2v) is 7.05. The molecule has 2 rings (SSSR count). The highest BCUT2D eigenvalue weighted by Gasteiger charge is 2.29. The molecule has 0 radical (unpaired) electrons. The molecule has 1 unspecified atom stereocenters. The molecule has 1 N–H and O–H groups in total. The zero-order valence-corrected chi connectivity index (χ0v) is 12.5. The van der Waals surface area contributed by atoms with Crippen molar-refractivity contribution < 1.29 is 12.8 Å². The van der Waals surface area contributed by atoms with Crippen LogP contribution in [-0.4, -0.2) is 38.4 Å². The van der Waals surface area contributed by atoms with Crippen LogP contribution in [-0.2, 0) is 10.0 Å². The van der Waals surface area contributed by atoms with Crippen LogP contribution in [0.1, 0.15) is 26.2 Å². The van der Waals surface area contributed by atoms with Crippen molar-refractivity contribution in [2.75, 3.05) is 19.6 Å². The fraction of sp³-hybridized carbons (Fsp3) is 0.571. The lowest BCUT2D eigenvalue weighted by molar-refractivity contribution is 0.284. The molecule has 1 heterocycles. The maximum Gasteiger partial charge on any atom is 0.243 e. The number of rotatable bonds is 5. The first-order chi connectivity index (χ1) is 9.54. The lowest BCUT2D eigenvalue weighted by atomic mass is 10.1. The van der Waals surface area contributed by atoms with E-state index >= 15 is 0 Å². The predicted molar refractivity (Wildman–Crippen MR) is 76.5 cm³/mol. The van der Waals surface area contributed by atoms with E-state index in [1.165, 1.54) is 28.6 Å². The molecular weight excluding hydrogens is 279 g/mol. The summed E-state index contributed by atoms with van der Waals surface area (Å²) in [6.07, 6.45) is 2.87. The van der Waals surface area contributed by atoms with E-state index in [0.717, 1.165) is 25.8 Å². The first-order valence-corrected chi connectivity index (χ1v) is 8.47. The first-order valence-electron chi connectivity index (χ1n) is 7.03. The van der Waals surface area contributed by atoms with E-state index < -0.39 is 15.8 Å². The van der Waals surface area contributed by atoms with Crippen molar-refractivity contribution in [3.05, 3.63) is 30.1 Å². The van der Waals surface area contributed by atoms with Crippen LogP contribution >= 0.6 is 0 Å². The Morgan fingerprint density at radius 1 is 1.35 bits per heavy atom. The number of hydrogen-bond donors (Lipinski definition) is 1. The van der Waals surface area contributed by atoms with Crippen LogP contribution in [0.5, 0.6) is 0 Å². The van der Waals surface area contributed by atoms with Crippen molar-refractivity contribution in [3.63, 3.8) is 0 Å². The van der Waals surface area contributed by atoms with E-state index in [2.05, 4.69) is 12.2 Å². The summed E-state index contributed by atoms with van der Waals surface area (Å²) in [5.41, 5.74) is 0. The number of hydrogen-bond acceptors (Lipinski definition) is 3. The largest absolute Gasteiger partial charge is 0.313 e. The summed E-state index contributed by atoms with van der Waals surface area (Å²) in [5, 5.41) is 3.37. The summed E-state index contributed by atoms with van der Waals surface area (Å²) >= 11 is 0. The van der Waals surface area contributed by atoms with Gasteiger partial charge in [-0.1, -0.05) is 6.92 Å². The Kier molecular flexibility index (Phi) is 5.12. The van der Waals surface area contributed by atoms with Crippen molar-refractivity contribution in [1.82, 2.24) is 9.62 Å². The third-order valence-electron chi connectivity index (χ3n) is 3.52. The molecule has 0 amide bonds. The highest BCUT2D eigenvalue weighted by atomic mass is 32.2. The standard InChI is InChI=1S/C14H21FN2O2S/c1-2-9-16-13-4-3-10-17(11-13)20(18,19)14-7-5-12(15)6-8-14/h5-8,13,16H,2-4,9-11H2,1H3. The van der Waals surface area contributed by atoms with Gasteiger partial charge in [0.15, 0.2) is 0 Å². The van der Waals surface area contributed by atoms with Crippen LogP contribution in [0.4, 0.5) is 4.39 Å². The van der Waals surface area contributed by atoms with E-state index in [9.17, 15) is 12.8 Å². The van der Waals surface area contributed by atoms with Gasteiger partial charge in [0, 0.05) is 19.1 Å². The lowest BCUT2D eigenvalue weighted by Gasteiger charge is -2.32. The fourth-order valence-electron chi connectivity index (χ4n) is 2.43. The van der Waals surface area contributed by atoms with Gasteiger partial charge in [-0.2, -0.15) is 4.31 Å². The minimum atomic E-state index is -3.51. The Balaban J connectivity index is 2.10. The summed E-state index contributed by atoms with van der Waals surface area (Å²) in [5.74, 6) is -0.426. The summed E-state index contributed by atoms with van der Waals surface area (Å²) in [6.45, 7) is 4.00. The molecule has 1 aromatic carbocycles. The second-order valence-electron chi connectivity index (χ2n) is 5.11. The lowest BCUT2D eigenvalue weighted by Crippen LogP contribution is -2.48. The van der Waals surface area contributed by atoms with Crippen molar-refractivity contribution in [2.24, 2.45) is 0 Å². The number of benzene rings is 1. The highest BCUT2D eigenvalue weighted by Crippen LogP contribution is 2.21. The molecule has 1 aromatic rings. The summed E-state index contributed by atoms with van der Waals surface area (Å²) in [4.78, 5) is 0.162. The van der Waals surface area contributed by atoms with E-state index in [0.29, 0.717) is 13.1 Å². The van der Waals surface area contributed by atoms with E-state index in [1.807, 2.05) is 0 Å². The molecular formula is C14H21FN2O2S. The molecule has 0 spiro atoms. The van der Waals surface area contributed by atoms with Crippen molar-refractivity contribution >= 4 is 10.0 Å². The zero-order chi connectivity index (χ0) is 14.6. The number of piperidine rings is 1. The summed E-state index contributed by atoms with van der Waals surface area (Å²) in [7, 11) is -3.51. The fourth-order valence-corrected chi connectivity index (χ4v) is 3.96. The van der Waals surface area contributed by atoms with E-state index in [1.54, 1.807) is 0 Å². The molecule has 1 aliphatic rings. The van der Waals surface area contributed by atoms with Gasteiger partial charge in [0.1, 0.15) is 5.82 Å². The number of nitrogens with one attached hydrogen (secondary N) is 1. The van der Waals surface area contributed by atoms with Crippen LogP contribution < -0.4 is 5.32 Å². The molecule has 0 aromatic heterocycles. The Morgan fingerprint density at radius 2 is 2.05 bits per heavy atom. The summed E-state index contributed by atoms with van der Waals surface area (Å²) in [6, 6.07) is 5.23. The molecule has 112 valence electrons. The van der Waals surface area contributed by atoms with E-state index in [4.69, 9.17) is 0 Å². The minimum Gasteiger partial charge on any atom is -0.313 e. The monoisotopic (exact) mass is 300 g/mol.